The molecule has 0 N–H and O–H groups in total. The van der Waals surface area contributed by atoms with Crippen molar-refractivity contribution in [3.8, 4) is 11.5 Å². The number of ether oxygens (including phenoxy) is 1. The molecule has 2 aliphatic heterocycles. The van der Waals surface area contributed by atoms with Crippen molar-refractivity contribution in [2.24, 2.45) is 0 Å². The summed E-state index contributed by atoms with van der Waals surface area (Å²) in [4.78, 5) is 19.0. The summed E-state index contributed by atoms with van der Waals surface area (Å²) in [6.07, 6.45) is 0. The lowest BCUT2D eigenvalue weighted by molar-refractivity contribution is -0.121. The number of benzene rings is 5. The fourth-order valence-corrected chi connectivity index (χ4v) is 6.30. The standard InChI is InChI=1S/C33H27FN2O2/c1-3-35(4-2)20-36-29-18-15-23(34)19-28(29)33(32(36)37)26-16-13-21-9-5-7-11-24(21)30(26)38-31-25-12-8-6-10-22(25)14-17-27(31)33/h5-19H,3-4,20H2,1-2H3. The van der Waals surface area contributed by atoms with Crippen LogP contribution in [0.5, 0.6) is 11.5 Å². The van der Waals surface area contributed by atoms with Gasteiger partial charge in [-0.1, -0.05) is 86.6 Å². The normalized spacial score (nSPS) is 15.2. The van der Waals surface area contributed by atoms with Crippen LogP contribution in [0.3, 0.4) is 0 Å². The van der Waals surface area contributed by atoms with E-state index in [2.05, 4.69) is 18.7 Å². The van der Waals surface area contributed by atoms with E-state index in [1.54, 1.807) is 12.1 Å². The van der Waals surface area contributed by atoms with Crippen molar-refractivity contribution in [2.75, 3.05) is 24.7 Å². The van der Waals surface area contributed by atoms with Crippen LogP contribution in [-0.4, -0.2) is 30.6 Å². The lowest BCUT2D eigenvalue weighted by atomic mass is 9.67. The summed E-state index contributed by atoms with van der Waals surface area (Å²) in [5, 5.41) is 3.90. The zero-order valence-electron chi connectivity index (χ0n) is 21.4. The lowest BCUT2D eigenvalue weighted by Crippen LogP contribution is -2.47. The van der Waals surface area contributed by atoms with Crippen molar-refractivity contribution < 1.29 is 13.9 Å². The molecule has 0 saturated heterocycles. The van der Waals surface area contributed by atoms with Gasteiger partial charge in [0.05, 0.1) is 12.4 Å². The van der Waals surface area contributed by atoms with E-state index in [-0.39, 0.29) is 11.7 Å². The van der Waals surface area contributed by atoms with Gasteiger partial charge < -0.3 is 4.74 Å². The van der Waals surface area contributed by atoms with Gasteiger partial charge in [0.1, 0.15) is 22.7 Å². The Labute approximate surface area is 220 Å². The van der Waals surface area contributed by atoms with E-state index in [0.717, 1.165) is 51.4 Å². The smallest absolute Gasteiger partial charge is 0.248 e. The topological polar surface area (TPSA) is 32.8 Å². The molecular weight excluding hydrogens is 475 g/mol. The van der Waals surface area contributed by atoms with E-state index in [1.165, 1.54) is 6.07 Å². The Morgan fingerprint density at radius 3 is 1.92 bits per heavy atom. The first-order valence-electron chi connectivity index (χ1n) is 13.1. The number of fused-ring (bicyclic) bond motifs is 10. The first-order chi connectivity index (χ1) is 18.6. The van der Waals surface area contributed by atoms with Gasteiger partial charge in [0.25, 0.3) is 0 Å². The summed E-state index contributed by atoms with van der Waals surface area (Å²) in [7, 11) is 0. The lowest BCUT2D eigenvalue weighted by Gasteiger charge is -2.38. The van der Waals surface area contributed by atoms with Crippen molar-refractivity contribution >= 4 is 33.1 Å². The van der Waals surface area contributed by atoms with Crippen molar-refractivity contribution in [1.29, 1.82) is 0 Å². The van der Waals surface area contributed by atoms with Crippen molar-refractivity contribution in [1.82, 2.24) is 4.90 Å². The number of carbonyl (C=O) groups excluding carboxylic acids is 1. The van der Waals surface area contributed by atoms with Crippen LogP contribution in [0.15, 0.2) is 91.0 Å². The molecule has 0 fully saturated rings. The fraction of sp³-hybridized carbons (Fsp3) is 0.182. The maximum absolute atomic E-state index is 15.0. The van der Waals surface area contributed by atoms with Gasteiger partial charge in [0.15, 0.2) is 0 Å². The molecule has 38 heavy (non-hydrogen) atoms. The number of carbonyl (C=O) groups is 1. The fourth-order valence-electron chi connectivity index (χ4n) is 6.30. The molecule has 0 saturated carbocycles. The molecule has 0 aliphatic carbocycles. The molecule has 4 nitrogen and oxygen atoms in total. The van der Waals surface area contributed by atoms with E-state index >= 15 is 4.39 Å². The highest BCUT2D eigenvalue weighted by molar-refractivity contribution is 6.16. The van der Waals surface area contributed by atoms with E-state index in [1.807, 2.05) is 77.7 Å². The van der Waals surface area contributed by atoms with Gasteiger partial charge in [-0.05, 0) is 42.1 Å². The summed E-state index contributed by atoms with van der Waals surface area (Å²) < 4.78 is 21.8. The van der Waals surface area contributed by atoms with Gasteiger partial charge in [0, 0.05) is 27.5 Å². The third kappa shape index (κ3) is 2.96. The Morgan fingerprint density at radius 1 is 0.763 bits per heavy atom. The highest BCUT2D eigenvalue weighted by Crippen LogP contribution is 2.60. The Balaban J connectivity index is 1.62. The SMILES string of the molecule is CCN(CC)CN1C(=O)C2(c3cc(F)ccc31)c1ccc3ccccc3c1Oc1c2ccc2ccccc12. The van der Waals surface area contributed by atoms with Gasteiger partial charge in [-0.15, -0.1) is 0 Å². The summed E-state index contributed by atoms with van der Waals surface area (Å²) >= 11 is 0. The van der Waals surface area contributed by atoms with Crippen LogP contribution in [0.25, 0.3) is 21.5 Å². The van der Waals surface area contributed by atoms with Gasteiger partial charge in [-0.2, -0.15) is 0 Å². The number of rotatable bonds is 4. The zero-order chi connectivity index (χ0) is 26.0. The van der Waals surface area contributed by atoms with Crippen LogP contribution in [0.4, 0.5) is 10.1 Å². The number of nitrogens with zero attached hydrogens (tertiary/aromatic N) is 2. The summed E-state index contributed by atoms with van der Waals surface area (Å²) in [5.74, 6) is 0.860. The summed E-state index contributed by atoms with van der Waals surface area (Å²) in [6.45, 7) is 6.20. The van der Waals surface area contributed by atoms with Crippen LogP contribution in [-0.2, 0) is 10.2 Å². The second kappa shape index (κ2) is 8.40. The molecule has 0 aromatic heterocycles. The van der Waals surface area contributed by atoms with Gasteiger partial charge in [0.2, 0.25) is 5.91 Å². The number of halogens is 1. The Kier molecular flexibility index (Phi) is 5.07. The first kappa shape index (κ1) is 22.9. The van der Waals surface area contributed by atoms with Crippen LogP contribution in [0.2, 0.25) is 0 Å². The van der Waals surface area contributed by atoms with Crippen molar-refractivity contribution in [3.05, 3.63) is 114 Å². The predicted molar refractivity (Wildman–Crippen MR) is 150 cm³/mol. The molecule has 5 heteroatoms. The van der Waals surface area contributed by atoms with Crippen LogP contribution < -0.4 is 9.64 Å². The van der Waals surface area contributed by atoms with E-state index in [4.69, 9.17) is 4.74 Å². The number of anilines is 1. The molecule has 2 heterocycles. The molecule has 5 aromatic carbocycles. The molecule has 2 aliphatic rings. The van der Waals surface area contributed by atoms with Crippen molar-refractivity contribution in [3.63, 3.8) is 0 Å². The highest BCUT2D eigenvalue weighted by Gasteiger charge is 2.58. The Morgan fingerprint density at radius 2 is 1.34 bits per heavy atom. The summed E-state index contributed by atoms with van der Waals surface area (Å²) in [6, 6.07) is 28.9. The minimum Gasteiger partial charge on any atom is -0.455 e. The van der Waals surface area contributed by atoms with E-state index < -0.39 is 5.41 Å². The Bertz CT molecular complexity index is 1670. The molecule has 0 radical (unpaired) electrons. The molecule has 7 rings (SSSR count). The molecule has 5 aromatic rings. The summed E-state index contributed by atoms with van der Waals surface area (Å²) in [5.41, 5.74) is 1.66. The zero-order valence-corrected chi connectivity index (χ0v) is 21.4. The maximum atomic E-state index is 15.0. The Hall–Kier alpha value is -4.22. The molecular formula is C33H27FN2O2. The third-order valence-electron chi connectivity index (χ3n) is 8.23. The quantitative estimate of drug-likeness (QED) is 0.260. The third-order valence-corrected chi connectivity index (χ3v) is 8.23. The second-order valence-electron chi connectivity index (χ2n) is 10.0. The molecule has 188 valence electrons. The monoisotopic (exact) mass is 502 g/mol. The average molecular weight is 503 g/mol. The minimum atomic E-state index is -1.23. The molecule has 0 bridgehead atoms. The molecule has 1 spiro atoms. The maximum Gasteiger partial charge on any atom is 0.248 e. The van der Waals surface area contributed by atoms with Gasteiger partial charge >= 0.3 is 0 Å². The molecule has 0 atom stereocenters. The van der Waals surface area contributed by atoms with Crippen LogP contribution >= 0.6 is 0 Å². The predicted octanol–water partition coefficient (Wildman–Crippen LogP) is 7.22. The number of hydrogen-bond donors (Lipinski definition) is 0. The molecule has 0 unspecified atom stereocenters. The van der Waals surface area contributed by atoms with E-state index in [9.17, 15) is 4.79 Å². The number of hydrogen-bond acceptors (Lipinski definition) is 3. The average Bonchev–Trinajstić information content (AvgIpc) is 3.18. The van der Waals surface area contributed by atoms with Gasteiger partial charge in [-0.3, -0.25) is 14.6 Å². The van der Waals surface area contributed by atoms with E-state index in [0.29, 0.717) is 23.7 Å². The van der Waals surface area contributed by atoms with Crippen LogP contribution in [0, 0.1) is 5.82 Å². The van der Waals surface area contributed by atoms with Crippen molar-refractivity contribution in [2.45, 2.75) is 19.3 Å². The first-order valence-corrected chi connectivity index (χ1v) is 13.1. The second-order valence-corrected chi connectivity index (χ2v) is 10.0. The molecule has 1 amide bonds. The number of amides is 1. The minimum absolute atomic E-state index is 0.0821. The highest BCUT2D eigenvalue weighted by atomic mass is 19.1. The van der Waals surface area contributed by atoms with Gasteiger partial charge in [-0.25, -0.2) is 4.39 Å². The largest absolute Gasteiger partial charge is 0.455 e. The van der Waals surface area contributed by atoms with Crippen LogP contribution in [0.1, 0.15) is 30.5 Å².